The minimum Gasteiger partial charge on any atom is -0.504 e. The number of hydrogen-bond donors (Lipinski definition) is 1. The molecule has 0 saturated heterocycles. The fraction of sp³-hybridized carbons (Fsp3) is 0.571. The summed E-state index contributed by atoms with van der Waals surface area (Å²) in [6.45, 7) is 1.10. The van der Waals surface area contributed by atoms with Crippen molar-refractivity contribution in [3.05, 3.63) is 22.8 Å². The number of benzene rings is 1. The summed E-state index contributed by atoms with van der Waals surface area (Å²) in [6.07, 6.45) is 4.41. The Kier molecular flexibility index (Phi) is 2.51. The van der Waals surface area contributed by atoms with Gasteiger partial charge in [-0.15, -0.1) is 0 Å². The molecular weight excluding hydrogens is 214 g/mol. The number of phenols is 1. The minimum absolute atomic E-state index is 0.367. The third-order valence-corrected chi connectivity index (χ3v) is 4.22. The second kappa shape index (κ2) is 3.91. The average Bonchev–Trinajstić information content (AvgIpc) is 2.36. The van der Waals surface area contributed by atoms with E-state index in [9.17, 15) is 5.11 Å². The number of methoxy groups -OCH3 is 1. The van der Waals surface area contributed by atoms with Gasteiger partial charge >= 0.3 is 0 Å². The van der Waals surface area contributed by atoms with Gasteiger partial charge in [0.15, 0.2) is 11.5 Å². The normalized spacial score (nSPS) is 23.3. The summed E-state index contributed by atoms with van der Waals surface area (Å²) in [5.41, 5.74) is 3.88. The summed E-state index contributed by atoms with van der Waals surface area (Å²) in [7, 11) is 3.81. The standard InChI is InChI=1S/C14H19NO2/c1-15-7-6-9-8-12(17-2)14(16)10-4-3-5-11(15)13(9)10/h8,11,16H,3-7H2,1-2H3. The molecule has 92 valence electrons. The molecule has 3 rings (SSSR count). The lowest BCUT2D eigenvalue weighted by molar-refractivity contribution is 0.205. The summed E-state index contributed by atoms with van der Waals surface area (Å²) in [6, 6.07) is 2.53. The Hall–Kier alpha value is -1.22. The molecule has 0 saturated carbocycles. The predicted octanol–water partition coefficient (Wildman–Crippen LogP) is 2.27. The summed E-state index contributed by atoms with van der Waals surface area (Å²) >= 11 is 0. The van der Waals surface area contributed by atoms with Crippen LogP contribution < -0.4 is 4.74 Å². The fourth-order valence-corrected chi connectivity index (χ4v) is 3.32. The van der Waals surface area contributed by atoms with Crippen molar-refractivity contribution in [2.24, 2.45) is 0 Å². The van der Waals surface area contributed by atoms with Crippen LogP contribution in [0.15, 0.2) is 6.07 Å². The molecule has 1 aromatic rings. The highest BCUT2D eigenvalue weighted by atomic mass is 16.5. The molecule has 3 heteroatoms. The Balaban J connectivity index is 2.21. The molecule has 1 unspecified atom stereocenters. The molecule has 2 aliphatic rings. The van der Waals surface area contributed by atoms with Crippen molar-refractivity contribution in [1.29, 1.82) is 0 Å². The monoisotopic (exact) mass is 233 g/mol. The van der Waals surface area contributed by atoms with Crippen LogP contribution in [0.1, 0.15) is 35.6 Å². The summed E-state index contributed by atoms with van der Waals surface area (Å²) in [5, 5.41) is 10.2. The van der Waals surface area contributed by atoms with Crippen molar-refractivity contribution >= 4 is 0 Å². The first kappa shape index (κ1) is 10.9. The van der Waals surface area contributed by atoms with Gasteiger partial charge in [0.1, 0.15) is 0 Å². The zero-order chi connectivity index (χ0) is 12.0. The Morgan fingerprint density at radius 2 is 2.24 bits per heavy atom. The lowest BCUT2D eigenvalue weighted by Gasteiger charge is -2.39. The van der Waals surface area contributed by atoms with Gasteiger partial charge in [-0.3, -0.25) is 4.90 Å². The number of ether oxygens (including phenoxy) is 1. The van der Waals surface area contributed by atoms with Crippen LogP contribution >= 0.6 is 0 Å². The molecular formula is C14H19NO2. The molecule has 1 heterocycles. The number of aromatic hydroxyl groups is 1. The Labute approximate surface area is 102 Å². The number of likely N-dealkylation sites (N-methyl/N-ethyl adjacent to an activating group) is 1. The van der Waals surface area contributed by atoms with E-state index in [-0.39, 0.29) is 0 Å². The van der Waals surface area contributed by atoms with Crippen LogP contribution in [0.2, 0.25) is 0 Å². The van der Waals surface area contributed by atoms with Crippen molar-refractivity contribution in [2.75, 3.05) is 20.7 Å². The highest BCUT2D eigenvalue weighted by Gasteiger charge is 2.32. The van der Waals surface area contributed by atoms with Crippen LogP contribution in [-0.4, -0.2) is 30.7 Å². The second-order valence-electron chi connectivity index (χ2n) is 5.12. The first-order chi connectivity index (χ1) is 8.22. The molecule has 0 amide bonds. The molecule has 3 nitrogen and oxygen atoms in total. The van der Waals surface area contributed by atoms with Crippen LogP contribution in [0.3, 0.4) is 0 Å². The van der Waals surface area contributed by atoms with E-state index in [0.29, 0.717) is 17.5 Å². The minimum atomic E-state index is 0.367. The first-order valence-electron chi connectivity index (χ1n) is 6.34. The lowest BCUT2D eigenvalue weighted by Crippen LogP contribution is -2.34. The van der Waals surface area contributed by atoms with E-state index in [1.165, 1.54) is 17.5 Å². The molecule has 0 aromatic heterocycles. The molecule has 1 atom stereocenters. The number of hydrogen-bond acceptors (Lipinski definition) is 3. The topological polar surface area (TPSA) is 32.7 Å². The van der Waals surface area contributed by atoms with Crippen molar-refractivity contribution in [3.8, 4) is 11.5 Å². The number of rotatable bonds is 1. The molecule has 0 fully saturated rings. The van der Waals surface area contributed by atoms with Crippen molar-refractivity contribution in [1.82, 2.24) is 4.90 Å². The molecule has 1 aliphatic heterocycles. The average molecular weight is 233 g/mol. The van der Waals surface area contributed by atoms with Gasteiger partial charge in [0.25, 0.3) is 0 Å². The number of phenolic OH excluding ortho intramolecular Hbond substituents is 1. The molecule has 0 radical (unpaired) electrons. The molecule has 1 aliphatic carbocycles. The smallest absolute Gasteiger partial charge is 0.161 e. The second-order valence-corrected chi connectivity index (χ2v) is 5.12. The highest BCUT2D eigenvalue weighted by molar-refractivity contribution is 5.56. The molecule has 0 bridgehead atoms. The van der Waals surface area contributed by atoms with Gasteiger partial charge in [-0.25, -0.2) is 0 Å². The summed E-state index contributed by atoms with van der Waals surface area (Å²) in [4.78, 5) is 2.41. The van der Waals surface area contributed by atoms with Gasteiger partial charge in [0.2, 0.25) is 0 Å². The summed E-state index contributed by atoms with van der Waals surface area (Å²) < 4.78 is 5.28. The van der Waals surface area contributed by atoms with E-state index in [1.807, 2.05) is 6.07 Å². The molecule has 17 heavy (non-hydrogen) atoms. The van der Waals surface area contributed by atoms with Gasteiger partial charge < -0.3 is 9.84 Å². The Morgan fingerprint density at radius 1 is 1.41 bits per heavy atom. The van der Waals surface area contributed by atoms with Crippen molar-refractivity contribution < 1.29 is 9.84 Å². The maximum Gasteiger partial charge on any atom is 0.161 e. The Morgan fingerprint density at radius 3 is 3.00 bits per heavy atom. The summed E-state index contributed by atoms with van der Waals surface area (Å²) in [5.74, 6) is 1.01. The van der Waals surface area contributed by atoms with E-state index >= 15 is 0 Å². The van der Waals surface area contributed by atoms with E-state index in [1.54, 1.807) is 7.11 Å². The van der Waals surface area contributed by atoms with E-state index in [2.05, 4.69) is 11.9 Å². The van der Waals surface area contributed by atoms with Gasteiger partial charge in [-0.2, -0.15) is 0 Å². The van der Waals surface area contributed by atoms with Gasteiger partial charge in [-0.1, -0.05) is 0 Å². The fourth-order valence-electron chi connectivity index (χ4n) is 3.32. The zero-order valence-corrected chi connectivity index (χ0v) is 10.5. The maximum atomic E-state index is 10.2. The third kappa shape index (κ3) is 1.53. The quantitative estimate of drug-likeness (QED) is 0.807. The van der Waals surface area contributed by atoms with Crippen molar-refractivity contribution in [2.45, 2.75) is 31.7 Å². The van der Waals surface area contributed by atoms with Crippen LogP contribution in [0, 0.1) is 0 Å². The maximum absolute atomic E-state index is 10.2. The van der Waals surface area contributed by atoms with Crippen LogP contribution in [0.25, 0.3) is 0 Å². The van der Waals surface area contributed by atoms with Crippen LogP contribution in [0.5, 0.6) is 11.5 Å². The first-order valence-corrected chi connectivity index (χ1v) is 6.34. The van der Waals surface area contributed by atoms with Crippen LogP contribution in [0.4, 0.5) is 0 Å². The highest BCUT2D eigenvalue weighted by Crippen LogP contribution is 2.46. The lowest BCUT2D eigenvalue weighted by atomic mass is 9.80. The molecule has 1 N–H and O–H groups in total. The molecule has 0 spiro atoms. The van der Waals surface area contributed by atoms with Gasteiger partial charge in [0.05, 0.1) is 7.11 Å². The van der Waals surface area contributed by atoms with E-state index < -0.39 is 0 Å². The van der Waals surface area contributed by atoms with E-state index in [4.69, 9.17) is 4.74 Å². The van der Waals surface area contributed by atoms with Crippen LogP contribution in [-0.2, 0) is 12.8 Å². The Bertz CT molecular complexity index is 456. The van der Waals surface area contributed by atoms with Crippen molar-refractivity contribution in [3.63, 3.8) is 0 Å². The molecule has 1 aromatic carbocycles. The third-order valence-electron chi connectivity index (χ3n) is 4.22. The van der Waals surface area contributed by atoms with E-state index in [0.717, 1.165) is 31.4 Å². The van der Waals surface area contributed by atoms with Gasteiger partial charge in [-0.05, 0) is 49.9 Å². The SMILES string of the molecule is COc1cc2c3c(c1O)CCCC3N(C)CC2. The zero-order valence-electron chi connectivity index (χ0n) is 10.5. The number of nitrogens with zero attached hydrogens (tertiary/aromatic N) is 1. The predicted molar refractivity (Wildman–Crippen MR) is 66.7 cm³/mol. The largest absolute Gasteiger partial charge is 0.504 e. The van der Waals surface area contributed by atoms with Gasteiger partial charge in [0, 0.05) is 18.2 Å².